The molecule has 0 bridgehead atoms. The molecule has 0 saturated heterocycles. The molecule has 0 aliphatic rings. The first-order valence-corrected chi connectivity index (χ1v) is 4.36. The molecule has 14 heavy (non-hydrogen) atoms. The fourth-order valence-corrected chi connectivity index (χ4v) is 1.20. The molecule has 1 aromatic carbocycles. The average molecular weight is 191 g/mol. The zero-order chi connectivity index (χ0) is 10.6. The second kappa shape index (κ2) is 4.46. The zero-order valence-electron chi connectivity index (χ0n) is 8.03. The highest BCUT2D eigenvalue weighted by Gasteiger charge is 2.10. The maximum Gasteiger partial charge on any atom is 0.243 e. The number of benzene rings is 1. The van der Waals surface area contributed by atoms with Gasteiger partial charge in [0.2, 0.25) is 5.91 Å². The van der Waals surface area contributed by atoms with Gasteiger partial charge in [-0.25, -0.2) is 0 Å². The second-order valence-corrected chi connectivity index (χ2v) is 2.99. The average Bonchev–Trinajstić information content (AvgIpc) is 2.18. The summed E-state index contributed by atoms with van der Waals surface area (Å²) in [6.45, 7) is 5.16. The molecule has 0 aliphatic heterocycles. The number of rotatable bonds is 3. The number of para-hydroxylation sites is 1. The van der Waals surface area contributed by atoms with Gasteiger partial charge in [0.05, 0.1) is 6.04 Å². The van der Waals surface area contributed by atoms with Crippen LogP contribution in [0.1, 0.15) is 18.5 Å². The van der Waals surface area contributed by atoms with Crippen LogP contribution in [0.5, 0.6) is 5.75 Å². The van der Waals surface area contributed by atoms with E-state index in [1.165, 1.54) is 6.08 Å². The molecule has 0 heterocycles. The number of phenols is 1. The Hall–Kier alpha value is -1.77. The van der Waals surface area contributed by atoms with Gasteiger partial charge >= 0.3 is 0 Å². The molecule has 0 unspecified atom stereocenters. The van der Waals surface area contributed by atoms with Crippen molar-refractivity contribution in [2.24, 2.45) is 0 Å². The normalized spacial score (nSPS) is 11.8. The predicted molar refractivity (Wildman–Crippen MR) is 54.9 cm³/mol. The van der Waals surface area contributed by atoms with E-state index in [2.05, 4.69) is 11.9 Å². The molecule has 1 aromatic rings. The van der Waals surface area contributed by atoms with E-state index in [0.29, 0.717) is 5.56 Å². The summed E-state index contributed by atoms with van der Waals surface area (Å²) in [5, 5.41) is 12.2. The number of carbonyl (C=O) groups is 1. The van der Waals surface area contributed by atoms with E-state index >= 15 is 0 Å². The first-order chi connectivity index (χ1) is 6.65. The number of nitrogens with one attached hydrogen (secondary N) is 1. The Labute approximate surface area is 83.1 Å². The van der Waals surface area contributed by atoms with Crippen LogP contribution in [0.4, 0.5) is 0 Å². The number of amides is 1. The lowest BCUT2D eigenvalue weighted by Gasteiger charge is -2.13. The predicted octanol–water partition coefficient (Wildman–Crippen LogP) is 1.76. The van der Waals surface area contributed by atoms with Crippen LogP contribution < -0.4 is 5.32 Å². The lowest BCUT2D eigenvalue weighted by atomic mass is 10.1. The van der Waals surface area contributed by atoms with E-state index < -0.39 is 0 Å². The first kappa shape index (κ1) is 10.3. The summed E-state index contributed by atoms with van der Waals surface area (Å²) in [7, 11) is 0. The van der Waals surface area contributed by atoms with Crippen molar-refractivity contribution < 1.29 is 9.90 Å². The highest BCUT2D eigenvalue weighted by molar-refractivity contribution is 5.87. The Kier molecular flexibility index (Phi) is 3.29. The minimum atomic E-state index is -0.249. The molecule has 1 amide bonds. The number of aromatic hydroxyl groups is 1. The Morgan fingerprint density at radius 2 is 2.21 bits per heavy atom. The van der Waals surface area contributed by atoms with Crippen LogP contribution in [0.3, 0.4) is 0 Å². The molecule has 2 N–H and O–H groups in total. The van der Waals surface area contributed by atoms with E-state index in [1.54, 1.807) is 25.1 Å². The fourth-order valence-electron chi connectivity index (χ4n) is 1.20. The van der Waals surface area contributed by atoms with Crippen LogP contribution >= 0.6 is 0 Å². The van der Waals surface area contributed by atoms with Crippen LogP contribution in [0.25, 0.3) is 0 Å². The summed E-state index contributed by atoms with van der Waals surface area (Å²) < 4.78 is 0. The largest absolute Gasteiger partial charge is 0.508 e. The van der Waals surface area contributed by atoms with Crippen LogP contribution in [0, 0.1) is 0 Å². The topological polar surface area (TPSA) is 49.3 Å². The summed E-state index contributed by atoms with van der Waals surface area (Å²) in [6, 6.07) is 6.68. The third-order valence-corrected chi connectivity index (χ3v) is 1.95. The summed E-state index contributed by atoms with van der Waals surface area (Å²) in [5.41, 5.74) is 0.697. The Balaban J connectivity index is 2.79. The molecular weight excluding hydrogens is 178 g/mol. The SMILES string of the molecule is C=CC(=O)N[C@H](C)c1ccccc1O. The molecular formula is C11H13NO2. The lowest BCUT2D eigenvalue weighted by molar-refractivity contribution is -0.117. The van der Waals surface area contributed by atoms with Gasteiger partial charge in [0, 0.05) is 5.56 Å². The Bertz CT molecular complexity index is 347. The lowest BCUT2D eigenvalue weighted by Crippen LogP contribution is -2.24. The van der Waals surface area contributed by atoms with E-state index in [4.69, 9.17) is 0 Å². The monoisotopic (exact) mass is 191 g/mol. The molecule has 1 rings (SSSR count). The molecule has 0 fully saturated rings. The van der Waals surface area contributed by atoms with Gasteiger partial charge in [0.1, 0.15) is 5.75 Å². The van der Waals surface area contributed by atoms with Crippen molar-refractivity contribution in [3.63, 3.8) is 0 Å². The van der Waals surface area contributed by atoms with Crippen LogP contribution in [0.15, 0.2) is 36.9 Å². The van der Waals surface area contributed by atoms with Crippen molar-refractivity contribution in [3.8, 4) is 5.75 Å². The van der Waals surface area contributed by atoms with Crippen molar-refractivity contribution in [2.45, 2.75) is 13.0 Å². The molecule has 1 atom stereocenters. The van der Waals surface area contributed by atoms with E-state index in [1.807, 2.05) is 6.07 Å². The van der Waals surface area contributed by atoms with Crippen LogP contribution in [-0.4, -0.2) is 11.0 Å². The van der Waals surface area contributed by atoms with Crippen molar-refractivity contribution in [1.29, 1.82) is 0 Å². The van der Waals surface area contributed by atoms with Gasteiger partial charge in [0.15, 0.2) is 0 Å². The minimum absolute atomic E-state index is 0.185. The van der Waals surface area contributed by atoms with Crippen molar-refractivity contribution in [1.82, 2.24) is 5.32 Å². The molecule has 0 saturated carbocycles. The van der Waals surface area contributed by atoms with Gasteiger partial charge in [-0.05, 0) is 19.1 Å². The number of phenolic OH excluding ortho intramolecular Hbond substituents is 1. The smallest absolute Gasteiger partial charge is 0.243 e. The highest BCUT2D eigenvalue weighted by Crippen LogP contribution is 2.22. The van der Waals surface area contributed by atoms with Gasteiger partial charge in [-0.15, -0.1) is 0 Å². The Morgan fingerprint density at radius 1 is 1.57 bits per heavy atom. The summed E-state index contributed by atoms with van der Waals surface area (Å²) in [4.78, 5) is 11.0. The van der Waals surface area contributed by atoms with Gasteiger partial charge in [-0.1, -0.05) is 24.8 Å². The highest BCUT2D eigenvalue weighted by atomic mass is 16.3. The molecule has 0 aliphatic carbocycles. The van der Waals surface area contributed by atoms with E-state index in [0.717, 1.165) is 0 Å². The molecule has 0 spiro atoms. The fraction of sp³-hybridized carbons (Fsp3) is 0.182. The van der Waals surface area contributed by atoms with Gasteiger partial charge in [0.25, 0.3) is 0 Å². The third kappa shape index (κ3) is 2.36. The summed E-state index contributed by atoms with van der Waals surface area (Å²) in [6.07, 6.45) is 1.20. The van der Waals surface area contributed by atoms with Crippen molar-refractivity contribution in [3.05, 3.63) is 42.5 Å². The second-order valence-electron chi connectivity index (χ2n) is 2.99. The number of hydrogen-bond acceptors (Lipinski definition) is 2. The number of hydrogen-bond donors (Lipinski definition) is 2. The Morgan fingerprint density at radius 3 is 2.79 bits per heavy atom. The molecule has 3 nitrogen and oxygen atoms in total. The third-order valence-electron chi connectivity index (χ3n) is 1.95. The maximum absolute atomic E-state index is 11.0. The van der Waals surface area contributed by atoms with Gasteiger partial charge < -0.3 is 10.4 Å². The molecule has 0 aromatic heterocycles. The van der Waals surface area contributed by atoms with E-state index in [-0.39, 0.29) is 17.7 Å². The quantitative estimate of drug-likeness (QED) is 0.715. The number of carbonyl (C=O) groups excluding carboxylic acids is 1. The van der Waals surface area contributed by atoms with Crippen molar-refractivity contribution >= 4 is 5.91 Å². The summed E-state index contributed by atoms with van der Waals surface area (Å²) in [5.74, 6) is -0.0647. The van der Waals surface area contributed by atoms with Crippen molar-refractivity contribution in [2.75, 3.05) is 0 Å². The maximum atomic E-state index is 11.0. The van der Waals surface area contributed by atoms with E-state index in [9.17, 15) is 9.90 Å². The zero-order valence-corrected chi connectivity index (χ0v) is 8.03. The van der Waals surface area contributed by atoms with Gasteiger partial charge in [-0.2, -0.15) is 0 Å². The standard InChI is InChI=1S/C11H13NO2/c1-3-11(14)12-8(2)9-6-4-5-7-10(9)13/h3-8,13H,1H2,2H3,(H,12,14)/t8-/m1/s1. The van der Waals surface area contributed by atoms with Gasteiger partial charge in [-0.3, -0.25) is 4.79 Å². The minimum Gasteiger partial charge on any atom is -0.508 e. The molecule has 3 heteroatoms. The molecule has 0 radical (unpaired) electrons. The molecule has 74 valence electrons. The first-order valence-electron chi connectivity index (χ1n) is 4.36. The van der Waals surface area contributed by atoms with Crippen LogP contribution in [0.2, 0.25) is 0 Å². The van der Waals surface area contributed by atoms with Crippen LogP contribution in [-0.2, 0) is 4.79 Å². The summed E-state index contributed by atoms with van der Waals surface area (Å²) >= 11 is 0.